The van der Waals surface area contributed by atoms with Gasteiger partial charge >= 0.3 is 0 Å². The Morgan fingerprint density at radius 3 is 2.56 bits per heavy atom. The highest BCUT2D eigenvalue weighted by Gasteiger charge is 2.18. The van der Waals surface area contributed by atoms with Crippen molar-refractivity contribution in [3.8, 4) is 0 Å². The van der Waals surface area contributed by atoms with Gasteiger partial charge in [-0.3, -0.25) is 0 Å². The number of rotatable bonds is 4. The van der Waals surface area contributed by atoms with Gasteiger partial charge in [-0.15, -0.1) is 0 Å². The summed E-state index contributed by atoms with van der Waals surface area (Å²) in [5.74, 6) is 1.53. The van der Waals surface area contributed by atoms with E-state index in [0.29, 0.717) is 6.04 Å². The fourth-order valence-electron chi connectivity index (χ4n) is 2.97. The third-order valence-corrected chi connectivity index (χ3v) is 3.72. The molecular formula is C17H27N. The molecule has 0 radical (unpaired) electrons. The molecule has 0 spiro atoms. The molecule has 1 unspecified atom stereocenters. The fraction of sp³-hybridized carbons (Fsp3) is 0.647. The molecule has 1 atom stereocenters. The van der Waals surface area contributed by atoms with Crippen LogP contribution in [0, 0.1) is 11.8 Å². The lowest BCUT2D eigenvalue weighted by Gasteiger charge is -2.28. The molecule has 0 fully saturated rings. The average Bonchev–Trinajstić information content (AvgIpc) is 2.27. The molecule has 100 valence electrons. The molecule has 18 heavy (non-hydrogen) atoms. The van der Waals surface area contributed by atoms with Crippen molar-refractivity contribution in [2.75, 3.05) is 0 Å². The zero-order chi connectivity index (χ0) is 13.1. The molecule has 0 saturated heterocycles. The van der Waals surface area contributed by atoms with Gasteiger partial charge in [0, 0.05) is 12.6 Å². The van der Waals surface area contributed by atoms with Crippen LogP contribution in [0.1, 0.15) is 50.8 Å². The van der Waals surface area contributed by atoms with Crippen LogP contribution in [-0.4, -0.2) is 6.04 Å². The quantitative estimate of drug-likeness (QED) is 0.847. The minimum atomic E-state index is 0.674. The van der Waals surface area contributed by atoms with Gasteiger partial charge in [0.15, 0.2) is 0 Å². The van der Waals surface area contributed by atoms with Crippen molar-refractivity contribution in [3.63, 3.8) is 0 Å². The van der Waals surface area contributed by atoms with Gasteiger partial charge in [0.05, 0.1) is 0 Å². The maximum absolute atomic E-state index is 3.69. The molecule has 0 aliphatic carbocycles. The molecule has 0 saturated carbocycles. The van der Waals surface area contributed by atoms with E-state index in [0.717, 1.165) is 18.4 Å². The predicted octanol–water partition coefficient (Wildman–Crippen LogP) is 3.95. The first-order valence-corrected chi connectivity index (χ1v) is 7.38. The number of hydrogen-bond acceptors (Lipinski definition) is 1. The Kier molecular flexibility index (Phi) is 4.45. The van der Waals surface area contributed by atoms with Crippen molar-refractivity contribution in [2.24, 2.45) is 11.8 Å². The summed E-state index contributed by atoms with van der Waals surface area (Å²) in [7, 11) is 0. The van der Waals surface area contributed by atoms with Gasteiger partial charge in [0.1, 0.15) is 0 Å². The summed E-state index contributed by atoms with van der Waals surface area (Å²) in [5, 5.41) is 3.69. The summed E-state index contributed by atoms with van der Waals surface area (Å²) >= 11 is 0. The molecule has 1 heterocycles. The van der Waals surface area contributed by atoms with Crippen LogP contribution < -0.4 is 5.32 Å². The molecule has 1 N–H and O–H groups in total. The highest BCUT2D eigenvalue weighted by atomic mass is 14.9. The first kappa shape index (κ1) is 13.6. The summed E-state index contributed by atoms with van der Waals surface area (Å²) in [6, 6.07) is 7.78. The van der Waals surface area contributed by atoms with Crippen molar-refractivity contribution in [2.45, 2.75) is 59.5 Å². The molecule has 0 bridgehead atoms. The maximum atomic E-state index is 3.69. The molecular weight excluding hydrogens is 218 g/mol. The van der Waals surface area contributed by atoms with Crippen LogP contribution in [0.2, 0.25) is 0 Å². The number of fused-ring (bicyclic) bond motifs is 1. The standard InChI is InChI=1S/C17H27N/c1-12(2)7-14-5-6-15-10-17(8-13(3)4)18-11-16(15)9-14/h5-6,9,12-13,17-18H,7-8,10-11H2,1-4H3. The van der Waals surface area contributed by atoms with Gasteiger partial charge in [-0.05, 0) is 47.8 Å². The van der Waals surface area contributed by atoms with Gasteiger partial charge in [0.25, 0.3) is 0 Å². The summed E-state index contributed by atoms with van der Waals surface area (Å²) < 4.78 is 0. The van der Waals surface area contributed by atoms with Crippen LogP contribution >= 0.6 is 0 Å². The van der Waals surface area contributed by atoms with Gasteiger partial charge in [-0.2, -0.15) is 0 Å². The van der Waals surface area contributed by atoms with E-state index in [-0.39, 0.29) is 0 Å². The lowest BCUT2D eigenvalue weighted by atomic mass is 9.89. The van der Waals surface area contributed by atoms with E-state index < -0.39 is 0 Å². The Morgan fingerprint density at radius 1 is 1.11 bits per heavy atom. The van der Waals surface area contributed by atoms with E-state index in [4.69, 9.17) is 0 Å². The molecule has 1 aliphatic rings. The maximum Gasteiger partial charge on any atom is 0.0211 e. The van der Waals surface area contributed by atoms with Crippen LogP contribution in [0.4, 0.5) is 0 Å². The average molecular weight is 245 g/mol. The second kappa shape index (κ2) is 5.88. The summed E-state index contributed by atoms with van der Waals surface area (Å²) in [6.45, 7) is 10.2. The number of nitrogens with one attached hydrogen (secondary N) is 1. The first-order valence-electron chi connectivity index (χ1n) is 7.38. The van der Waals surface area contributed by atoms with Crippen molar-refractivity contribution in [1.82, 2.24) is 5.32 Å². The second-order valence-corrected chi connectivity index (χ2v) is 6.61. The minimum absolute atomic E-state index is 0.674. The van der Waals surface area contributed by atoms with Crippen molar-refractivity contribution in [3.05, 3.63) is 34.9 Å². The van der Waals surface area contributed by atoms with E-state index in [1.165, 1.54) is 30.4 Å². The lowest BCUT2D eigenvalue weighted by Crippen LogP contribution is -2.36. The van der Waals surface area contributed by atoms with Crippen LogP contribution in [0.3, 0.4) is 0 Å². The molecule has 1 aromatic rings. The Hall–Kier alpha value is -0.820. The van der Waals surface area contributed by atoms with Crippen molar-refractivity contribution >= 4 is 0 Å². The van der Waals surface area contributed by atoms with Crippen molar-refractivity contribution < 1.29 is 0 Å². The predicted molar refractivity (Wildman–Crippen MR) is 78.8 cm³/mol. The van der Waals surface area contributed by atoms with Gasteiger partial charge in [-0.1, -0.05) is 45.9 Å². The zero-order valence-corrected chi connectivity index (χ0v) is 12.3. The molecule has 0 amide bonds. The number of hydrogen-bond donors (Lipinski definition) is 1. The summed E-state index contributed by atoms with van der Waals surface area (Å²) in [5.41, 5.74) is 4.58. The van der Waals surface area contributed by atoms with E-state index in [1.807, 2.05) is 0 Å². The Labute approximate surface area is 112 Å². The van der Waals surface area contributed by atoms with Gasteiger partial charge in [-0.25, -0.2) is 0 Å². The van der Waals surface area contributed by atoms with Gasteiger partial charge < -0.3 is 5.32 Å². The first-order chi connectivity index (χ1) is 8.54. The third kappa shape index (κ3) is 3.58. The highest BCUT2D eigenvalue weighted by molar-refractivity contribution is 5.34. The molecule has 2 rings (SSSR count). The molecule has 1 aromatic carbocycles. The Bertz CT molecular complexity index is 393. The largest absolute Gasteiger partial charge is 0.310 e. The van der Waals surface area contributed by atoms with Crippen LogP contribution in [0.5, 0.6) is 0 Å². The Balaban J connectivity index is 2.06. The monoisotopic (exact) mass is 245 g/mol. The number of benzene rings is 1. The molecule has 1 aliphatic heterocycles. The van der Waals surface area contributed by atoms with Gasteiger partial charge in [0.2, 0.25) is 0 Å². The topological polar surface area (TPSA) is 12.0 Å². The molecule has 1 nitrogen and oxygen atoms in total. The second-order valence-electron chi connectivity index (χ2n) is 6.61. The third-order valence-electron chi connectivity index (χ3n) is 3.72. The molecule has 1 heteroatoms. The lowest BCUT2D eigenvalue weighted by molar-refractivity contribution is 0.398. The summed E-state index contributed by atoms with van der Waals surface area (Å²) in [6.07, 6.45) is 3.69. The van der Waals surface area contributed by atoms with E-state index >= 15 is 0 Å². The van der Waals surface area contributed by atoms with E-state index in [1.54, 1.807) is 5.56 Å². The van der Waals surface area contributed by atoms with Crippen LogP contribution in [-0.2, 0) is 19.4 Å². The molecule has 0 aromatic heterocycles. The SMILES string of the molecule is CC(C)Cc1ccc2c(c1)CNC(CC(C)C)C2. The van der Waals surface area contributed by atoms with Crippen LogP contribution in [0.15, 0.2) is 18.2 Å². The van der Waals surface area contributed by atoms with Crippen LogP contribution in [0.25, 0.3) is 0 Å². The zero-order valence-electron chi connectivity index (χ0n) is 12.3. The van der Waals surface area contributed by atoms with E-state index in [2.05, 4.69) is 51.2 Å². The van der Waals surface area contributed by atoms with Crippen molar-refractivity contribution in [1.29, 1.82) is 0 Å². The highest BCUT2D eigenvalue weighted by Crippen LogP contribution is 2.22. The Morgan fingerprint density at radius 2 is 1.89 bits per heavy atom. The normalized spacial score (nSPS) is 19.3. The fourth-order valence-corrected chi connectivity index (χ4v) is 2.97. The van der Waals surface area contributed by atoms with E-state index in [9.17, 15) is 0 Å². The minimum Gasteiger partial charge on any atom is -0.310 e. The summed E-state index contributed by atoms with van der Waals surface area (Å²) in [4.78, 5) is 0. The smallest absolute Gasteiger partial charge is 0.0211 e.